The maximum absolute atomic E-state index is 6.17. The Morgan fingerprint density at radius 3 is 2.47 bits per heavy atom. The van der Waals surface area contributed by atoms with E-state index in [1.807, 2.05) is 13.1 Å². The molecule has 0 radical (unpaired) electrons. The van der Waals surface area contributed by atoms with E-state index >= 15 is 0 Å². The lowest BCUT2D eigenvalue weighted by molar-refractivity contribution is 0.831. The van der Waals surface area contributed by atoms with Gasteiger partial charge in [0, 0.05) is 21.9 Å². The van der Waals surface area contributed by atoms with Crippen LogP contribution in [-0.2, 0) is 6.54 Å². The molecule has 2 aromatic rings. The van der Waals surface area contributed by atoms with Crippen LogP contribution in [0.25, 0.3) is 10.4 Å². The van der Waals surface area contributed by atoms with Crippen LogP contribution in [0, 0.1) is 0 Å². The Morgan fingerprint density at radius 2 is 1.76 bits per heavy atom. The minimum absolute atomic E-state index is 0.479. The Balaban J connectivity index is 2.41. The van der Waals surface area contributed by atoms with Crippen molar-refractivity contribution >= 4 is 46.1 Å². The third-order valence-corrected chi connectivity index (χ3v) is 4.44. The summed E-state index contributed by atoms with van der Waals surface area (Å²) in [7, 11) is 1.92. The van der Waals surface area contributed by atoms with Gasteiger partial charge in [0.25, 0.3) is 0 Å². The van der Waals surface area contributed by atoms with Gasteiger partial charge >= 0.3 is 0 Å². The first-order chi connectivity index (χ1) is 8.11. The predicted molar refractivity (Wildman–Crippen MR) is 77.5 cm³/mol. The lowest BCUT2D eigenvalue weighted by atomic mass is 10.2. The van der Waals surface area contributed by atoms with Crippen molar-refractivity contribution in [3.8, 4) is 10.4 Å². The van der Waals surface area contributed by atoms with Crippen LogP contribution in [0.15, 0.2) is 24.3 Å². The van der Waals surface area contributed by atoms with E-state index in [0.29, 0.717) is 15.1 Å². The number of rotatable bonds is 3. The molecule has 1 nitrogen and oxygen atoms in total. The fourth-order valence-corrected chi connectivity index (χ4v) is 3.26. The first kappa shape index (κ1) is 13.2. The van der Waals surface area contributed by atoms with E-state index in [-0.39, 0.29) is 0 Å². The van der Waals surface area contributed by atoms with Crippen molar-refractivity contribution in [2.75, 3.05) is 7.05 Å². The van der Waals surface area contributed by atoms with Crippen molar-refractivity contribution in [3.05, 3.63) is 44.2 Å². The van der Waals surface area contributed by atoms with Crippen molar-refractivity contribution in [1.29, 1.82) is 0 Å². The SMILES string of the molecule is CNCc1ccc(-c2cc(Cl)c(Cl)cc2Cl)s1. The monoisotopic (exact) mass is 305 g/mol. The van der Waals surface area contributed by atoms with Gasteiger partial charge in [-0.3, -0.25) is 0 Å². The van der Waals surface area contributed by atoms with Crippen LogP contribution in [0.3, 0.4) is 0 Å². The van der Waals surface area contributed by atoms with E-state index in [1.165, 1.54) is 4.88 Å². The zero-order valence-electron chi connectivity index (χ0n) is 9.06. The number of thiophene rings is 1. The molecule has 0 saturated carbocycles. The van der Waals surface area contributed by atoms with Crippen LogP contribution in [0.1, 0.15) is 4.88 Å². The summed E-state index contributed by atoms with van der Waals surface area (Å²) >= 11 is 19.8. The highest BCUT2D eigenvalue weighted by Gasteiger charge is 2.10. The van der Waals surface area contributed by atoms with Crippen molar-refractivity contribution in [3.63, 3.8) is 0 Å². The molecule has 0 atom stereocenters. The van der Waals surface area contributed by atoms with E-state index in [0.717, 1.165) is 17.0 Å². The molecule has 1 aromatic carbocycles. The van der Waals surface area contributed by atoms with Gasteiger partial charge in [0.2, 0.25) is 0 Å². The number of hydrogen-bond acceptors (Lipinski definition) is 2. The summed E-state index contributed by atoms with van der Waals surface area (Å²) in [4.78, 5) is 2.35. The van der Waals surface area contributed by atoms with Crippen molar-refractivity contribution in [1.82, 2.24) is 5.32 Å². The lowest BCUT2D eigenvalue weighted by Crippen LogP contribution is -2.02. The summed E-state index contributed by atoms with van der Waals surface area (Å²) in [6, 6.07) is 7.61. The molecule has 1 heterocycles. The minimum atomic E-state index is 0.479. The van der Waals surface area contributed by atoms with Gasteiger partial charge in [0.05, 0.1) is 15.1 Å². The summed E-state index contributed by atoms with van der Waals surface area (Å²) in [5.74, 6) is 0. The van der Waals surface area contributed by atoms with E-state index < -0.39 is 0 Å². The van der Waals surface area contributed by atoms with Gasteiger partial charge in [-0.2, -0.15) is 0 Å². The molecule has 0 aliphatic heterocycles. The smallest absolute Gasteiger partial charge is 0.0607 e. The molecule has 1 N–H and O–H groups in total. The summed E-state index contributed by atoms with van der Waals surface area (Å²) in [5, 5.41) is 4.74. The Morgan fingerprint density at radius 1 is 1.06 bits per heavy atom. The zero-order chi connectivity index (χ0) is 12.4. The molecule has 0 bridgehead atoms. The molecule has 0 amide bonds. The van der Waals surface area contributed by atoms with Gasteiger partial charge in [-0.05, 0) is 31.3 Å². The van der Waals surface area contributed by atoms with Crippen LogP contribution >= 0.6 is 46.1 Å². The Kier molecular flexibility index (Phi) is 4.34. The Bertz CT molecular complexity index is 537. The molecule has 0 unspecified atom stereocenters. The number of hydrogen-bond donors (Lipinski definition) is 1. The van der Waals surface area contributed by atoms with E-state index in [1.54, 1.807) is 23.5 Å². The molecule has 1 aromatic heterocycles. The van der Waals surface area contributed by atoms with Crippen molar-refractivity contribution in [2.45, 2.75) is 6.54 Å². The van der Waals surface area contributed by atoms with Gasteiger partial charge in [-0.15, -0.1) is 11.3 Å². The quantitative estimate of drug-likeness (QED) is 0.778. The maximum atomic E-state index is 6.17. The standard InChI is InChI=1S/C12H10Cl3NS/c1-16-6-7-2-3-12(17-7)8-4-10(14)11(15)5-9(8)13/h2-5,16H,6H2,1H3. The average molecular weight is 307 g/mol. The van der Waals surface area contributed by atoms with Crippen LogP contribution in [0.2, 0.25) is 15.1 Å². The van der Waals surface area contributed by atoms with Gasteiger partial charge < -0.3 is 5.32 Å². The van der Waals surface area contributed by atoms with Gasteiger partial charge in [-0.1, -0.05) is 34.8 Å². The highest BCUT2D eigenvalue weighted by atomic mass is 35.5. The first-order valence-corrected chi connectivity index (χ1v) is 6.95. The van der Waals surface area contributed by atoms with Gasteiger partial charge in [0.15, 0.2) is 0 Å². The highest BCUT2D eigenvalue weighted by Crippen LogP contribution is 2.38. The number of benzene rings is 1. The molecule has 90 valence electrons. The van der Waals surface area contributed by atoms with Crippen LogP contribution in [0.4, 0.5) is 0 Å². The summed E-state index contributed by atoms with van der Waals surface area (Å²) in [6.07, 6.45) is 0. The number of halogens is 3. The second-order valence-corrected chi connectivity index (χ2v) is 5.93. The average Bonchev–Trinajstić information content (AvgIpc) is 2.72. The van der Waals surface area contributed by atoms with Crippen LogP contribution < -0.4 is 5.32 Å². The molecular weight excluding hydrogens is 297 g/mol. The molecule has 0 aliphatic carbocycles. The normalized spacial score (nSPS) is 10.8. The summed E-state index contributed by atoms with van der Waals surface area (Å²) < 4.78 is 0. The lowest BCUT2D eigenvalue weighted by Gasteiger charge is -2.04. The third kappa shape index (κ3) is 2.95. The van der Waals surface area contributed by atoms with E-state index in [2.05, 4.69) is 11.4 Å². The largest absolute Gasteiger partial charge is 0.315 e. The summed E-state index contributed by atoms with van der Waals surface area (Å²) in [5.41, 5.74) is 0.924. The van der Waals surface area contributed by atoms with Crippen molar-refractivity contribution < 1.29 is 0 Å². The molecule has 0 aliphatic rings. The fraction of sp³-hybridized carbons (Fsp3) is 0.167. The summed E-state index contributed by atoms with van der Waals surface area (Å²) in [6.45, 7) is 0.851. The number of nitrogens with one attached hydrogen (secondary N) is 1. The van der Waals surface area contributed by atoms with E-state index in [4.69, 9.17) is 34.8 Å². The molecule has 0 saturated heterocycles. The fourth-order valence-electron chi connectivity index (χ4n) is 1.50. The second kappa shape index (κ2) is 5.59. The molecule has 2 rings (SSSR count). The Labute approximate surface area is 119 Å². The molecule has 17 heavy (non-hydrogen) atoms. The van der Waals surface area contributed by atoms with Crippen LogP contribution in [-0.4, -0.2) is 7.05 Å². The molecular formula is C12H10Cl3NS. The minimum Gasteiger partial charge on any atom is -0.315 e. The second-order valence-electron chi connectivity index (χ2n) is 3.54. The van der Waals surface area contributed by atoms with Crippen molar-refractivity contribution in [2.24, 2.45) is 0 Å². The van der Waals surface area contributed by atoms with E-state index in [9.17, 15) is 0 Å². The Hall–Kier alpha value is -0.250. The molecule has 5 heteroatoms. The van der Waals surface area contributed by atoms with Gasteiger partial charge in [0.1, 0.15) is 0 Å². The zero-order valence-corrected chi connectivity index (χ0v) is 12.1. The molecule has 0 spiro atoms. The van der Waals surface area contributed by atoms with Crippen LogP contribution in [0.5, 0.6) is 0 Å². The maximum Gasteiger partial charge on any atom is 0.0607 e. The third-order valence-electron chi connectivity index (χ3n) is 2.29. The topological polar surface area (TPSA) is 12.0 Å². The highest BCUT2D eigenvalue weighted by molar-refractivity contribution is 7.15. The first-order valence-electron chi connectivity index (χ1n) is 5.00. The molecule has 0 fully saturated rings. The predicted octanol–water partition coefficient (Wildman–Crippen LogP) is 5.09. The van der Waals surface area contributed by atoms with Gasteiger partial charge in [-0.25, -0.2) is 0 Å².